The van der Waals surface area contributed by atoms with Gasteiger partial charge in [0.05, 0.1) is 15.7 Å². The molecule has 0 aromatic heterocycles. The number of hydrogen-bond acceptors (Lipinski definition) is 3. The number of rotatable bonds is 0. The van der Waals surface area contributed by atoms with Crippen LogP contribution in [-0.4, -0.2) is 24.5 Å². The van der Waals surface area contributed by atoms with Gasteiger partial charge in [0.2, 0.25) is 0 Å². The number of alkyl halides is 1. The average Bonchev–Trinajstić information content (AvgIpc) is 2.81. The van der Waals surface area contributed by atoms with Gasteiger partial charge in [-0.05, 0) is 51.0 Å². The second kappa shape index (κ2) is 4.81. The molecular weight excluding hydrogens is 388 g/mol. The van der Waals surface area contributed by atoms with Crippen LogP contribution in [0.5, 0.6) is 0 Å². The number of amides is 1. The summed E-state index contributed by atoms with van der Waals surface area (Å²) in [6.07, 6.45) is -0.154. The number of anilines is 1. The Kier molecular flexibility index (Phi) is 3.44. The maximum Gasteiger partial charge on any atom is 0.417 e. The minimum Gasteiger partial charge on any atom is -0.443 e. The van der Waals surface area contributed by atoms with Crippen LogP contribution < -0.4 is 4.90 Å². The third-order valence-electron chi connectivity index (χ3n) is 3.62. The van der Waals surface area contributed by atoms with Gasteiger partial charge in [0.25, 0.3) is 0 Å². The predicted octanol–water partition coefficient (Wildman–Crippen LogP) is 3.96. The summed E-state index contributed by atoms with van der Waals surface area (Å²) >= 11 is 2.27. The van der Waals surface area contributed by atoms with Crippen molar-refractivity contribution >= 4 is 34.4 Å². The summed E-state index contributed by atoms with van der Waals surface area (Å²) in [7, 11) is 0. The lowest BCUT2D eigenvalue weighted by atomic mass is 9.98. The summed E-state index contributed by atoms with van der Waals surface area (Å²) < 4.78 is 24.4. The van der Waals surface area contributed by atoms with E-state index in [-0.39, 0.29) is 5.82 Å². The highest BCUT2D eigenvalue weighted by molar-refractivity contribution is 14.1. The van der Waals surface area contributed by atoms with Crippen molar-refractivity contribution in [2.24, 2.45) is 0 Å². The number of halogens is 2. The largest absolute Gasteiger partial charge is 0.443 e. The molecule has 0 saturated carbocycles. The van der Waals surface area contributed by atoms with E-state index < -0.39 is 21.3 Å². The van der Waals surface area contributed by atoms with Crippen molar-refractivity contribution in [3.8, 4) is 0 Å². The molecule has 1 fully saturated rings. The quantitative estimate of drug-likeness (QED) is 0.485. The topological polar surface area (TPSA) is 38.8 Å². The van der Waals surface area contributed by atoms with Gasteiger partial charge in [-0.25, -0.2) is 14.1 Å². The van der Waals surface area contributed by atoms with Crippen molar-refractivity contribution in [1.82, 2.24) is 0 Å². The summed E-state index contributed by atoms with van der Waals surface area (Å²) in [6, 6.07) is 4.47. The van der Waals surface area contributed by atoms with Crippen molar-refractivity contribution in [2.75, 3.05) is 11.5 Å². The van der Waals surface area contributed by atoms with Gasteiger partial charge in [0.15, 0.2) is 6.23 Å². The first-order chi connectivity index (χ1) is 9.72. The summed E-state index contributed by atoms with van der Waals surface area (Å²) in [5.74, 6) is -0.304. The Hall–Kier alpha value is -0.890. The molecule has 0 radical (unpaired) electrons. The van der Waals surface area contributed by atoms with E-state index in [0.29, 0.717) is 12.3 Å². The van der Waals surface area contributed by atoms with Gasteiger partial charge in [0, 0.05) is 0 Å². The predicted molar refractivity (Wildman–Crippen MR) is 85.2 cm³/mol. The van der Waals surface area contributed by atoms with Crippen LogP contribution in [0.1, 0.15) is 32.8 Å². The molecule has 1 amide bonds. The van der Waals surface area contributed by atoms with Crippen molar-refractivity contribution in [3.05, 3.63) is 29.6 Å². The molecular formula is C15H17FINO3. The highest BCUT2D eigenvalue weighted by Crippen LogP contribution is 2.55. The number of benzene rings is 1. The van der Waals surface area contributed by atoms with E-state index in [0.717, 1.165) is 12.0 Å². The first-order valence-electron chi connectivity index (χ1n) is 6.85. The van der Waals surface area contributed by atoms with Gasteiger partial charge < -0.3 is 9.47 Å². The van der Waals surface area contributed by atoms with Crippen molar-refractivity contribution in [2.45, 2.75) is 42.4 Å². The number of carbonyl (C=O) groups excluding carboxylic acids is 1. The molecule has 0 spiro atoms. The van der Waals surface area contributed by atoms with Gasteiger partial charge in [-0.3, -0.25) is 0 Å². The molecule has 3 rings (SSSR count). The second-order valence-electron chi connectivity index (χ2n) is 6.35. The highest BCUT2D eigenvalue weighted by atomic mass is 127. The van der Waals surface area contributed by atoms with Crippen LogP contribution in [0.3, 0.4) is 0 Å². The van der Waals surface area contributed by atoms with E-state index >= 15 is 0 Å². The zero-order valence-corrected chi connectivity index (χ0v) is 14.3. The third-order valence-corrected chi connectivity index (χ3v) is 5.28. The normalized spacial score (nSPS) is 27.5. The van der Waals surface area contributed by atoms with Crippen LogP contribution in [-0.2, 0) is 12.9 Å². The van der Waals surface area contributed by atoms with Crippen molar-refractivity contribution in [1.29, 1.82) is 0 Å². The molecule has 1 saturated heterocycles. The molecule has 0 bridgehead atoms. The average molecular weight is 405 g/mol. The zero-order valence-electron chi connectivity index (χ0n) is 12.2. The lowest BCUT2D eigenvalue weighted by Gasteiger charge is -2.29. The van der Waals surface area contributed by atoms with E-state index in [1.807, 2.05) is 20.8 Å². The Labute approximate surface area is 136 Å². The lowest BCUT2D eigenvalue weighted by molar-refractivity contribution is 0.0414. The maximum atomic E-state index is 13.6. The molecule has 6 heteroatoms. The number of fused-ring (bicyclic) bond motifs is 3. The Morgan fingerprint density at radius 3 is 2.90 bits per heavy atom. The third kappa shape index (κ3) is 2.42. The first-order valence-corrected chi connectivity index (χ1v) is 7.93. The number of ether oxygens (including phenoxy) is 2. The van der Waals surface area contributed by atoms with Crippen LogP contribution in [0.4, 0.5) is 14.9 Å². The van der Waals surface area contributed by atoms with Gasteiger partial charge >= 0.3 is 6.09 Å². The number of hydrogen-bond donors (Lipinski definition) is 0. The Morgan fingerprint density at radius 2 is 2.24 bits per heavy atom. The first kappa shape index (κ1) is 15.0. The molecule has 0 aliphatic carbocycles. The monoisotopic (exact) mass is 405 g/mol. The lowest BCUT2D eigenvalue weighted by Crippen LogP contribution is -2.45. The van der Waals surface area contributed by atoms with Crippen LogP contribution >= 0.6 is 22.6 Å². The SMILES string of the molecule is CC(C)(C)OC(=O)N1c2ccc(F)cc2[C@]2(I)CCO[C@H]12. The fourth-order valence-corrected chi connectivity index (χ4v) is 3.91. The van der Waals surface area contributed by atoms with E-state index in [4.69, 9.17) is 9.47 Å². The van der Waals surface area contributed by atoms with E-state index in [2.05, 4.69) is 22.6 Å². The number of nitrogens with zero attached hydrogens (tertiary/aromatic N) is 1. The fourth-order valence-electron chi connectivity index (χ4n) is 2.80. The van der Waals surface area contributed by atoms with E-state index in [1.165, 1.54) is 17.0 Å². The molecule has 0 unspecified atom stereocenters. The summed E-state index contributed by atoms with van der Waals surface area (Å²) in [5, 5.41) is 0. The van der Waals surface area contributed by atoms with Gasteiger partial charge in [-0.2, -0.15) is 0 Å². The highest BCUT2D eigenvalue weighted by Gasteiger charge is 2.56. The smallest absolute Gasteiger partial charge is 0.417 e. The Bertz CT molecular complexity index is 601. The van der Waals surface area contributed by atoms with E-state index in [1.54, 1.807) is 6.07 Å². The minimum absolute atomic E-state index is 0.304. The van der Waals surface area contributed by atoms with Crippen LogP contribution in [0.15, 0.2) is 18.2 Å². The molecule has 2 heterocycles. The second-order valence-corrected chi connectivity index (χ2v) is 8.27. The van der Waals surface area contributed by atoms with Gasteiger partial charge in [-0.1, -0.05) is 22.6 Å². The Morgan fingerprint density at radius 1 is 1.52 bits per heavy atom. The molecule has 21 heavy (non-hydrogen) atoms. The molecule has 1 aromatic carbocycles. The van der Waals surface area contributed by atoms with Crippen LogP contribution in [0.25, 0.3) is 0 Å². The van der Waals surface area contributed by atoms with E-state index in [9.17, 15) is 9.18 Å². The molecule has 114 valence electrons. The molecule has 0 N–H and O–H groups in total. The van der Waals surface area contributed by atoms with Gasteiger partial charge in [0.1, 0.15) is 11.4 Å². The van der Waals surface area contributed by atoms with Crippen LogP contribution in [0, 0.1) is 5.82 Å². The summed E-state index contributed by atoms with van der Waals surface area (Å²) in [5.41, 5.74) is 0.882. The standard InChI is InChI=1S/C15H17FINO3/c1-14(2,3)21-13(19)18-11-5-4-9(16)8-10(11)15(17)6-7-20-12(15)18/h4-5,8,12H,6-7H2,1-3H3/t12-,15+/m0/s1. The summed E-state index contributed by atoms with van der Waals surface area (Å²) in [6.45, 7) is 6.00. The minimum atomic E-state index is -0.591. The zero-order chi connectivity index (χ0) is 15.4. The fraction of sp³-hybridized carbons (Fsp3) is 0.533. The van der Waals surface area contributed by atoms with Crippen molar-refractivity contribution < 1.29 is 18.7 Å². The van der Waals surface area contributed by atoms with Gasteiger partial charge in [-0.15, -0.1) is 0 Å². The maximum absolute atomic E-state index is 13.6. The molecule has 2 aliphatic heterocycles. The summed E-state index contributed by atoms with van der Waals surface area (Å²) in [4.78, 5) is 14.0. The van der Waals surface area contributed by atoms with Crippen LogP contribution in [0.2, 0.25) is 0 Å². The molecule has 4 nitrogen and oxygen atoms in total. The number of carbonyl (C=O) groups is 1. The Balaban J connectivity index is 2.04. The molecule has 2 aliphatic rings. The molecule has 1 aromatic rings. The molecule has 2 atom stereocenters. The van der Waals surface area contributed by atoms with Crippen molar-refractivity contribution in [3.63, 3.8) is 0 Å².